The van der Waals surface area contributed by atoms with E-state index < -0.39 is 0 Å². The third-order valence-electron chi connectivity index (χ3n) is 2.81. The Hall–Kier alpha value is -1.09. The zero-order valence-electron chi connectivity index (χ0n) is 9.86. The van der Waals surface area contributed by atoms with Crippen molar-refractivity contribution in [2.24, 2.45) is 0 Å². The van der Waals surface area contributed by atoms with Gasteiger partial charge in [-0.1, -0.05) is 19.1 Å². The Morgan fingerprint density at radius 2 is 2.12 bits per heavy atom. The molecule has 0 bridgehead atoms. The Labute approximate surface area is 101 Å². The molecule has 0 radical (unpaired) electrons. The average molecular weight is 234 g/mol. The minimum absolute atomic E-state index is 0.882. The summed E-state index contributed by atoms with van der Waals surface area (Å²) in [5.41, 5.74) is 9.50. The van der Waals surface area contributed by atoms with Crippen LogP contribution in [-0.4, -0.2) is 10.3 Å². The molecule has 0 saturated carbocycles. The molecule has 3 heteroatoms. The molecule has 1 aromatic carbocycles. The predicted octanol–water partition coefficient (Wildman–Crippen LogP) is 3.50. The van der Waals surface area contributed by atoms with E-state index in [1.54, 1.807) is 0 Å². The van der Waals surface area contributed by atoms with Gasteiger partial charge >= 0.3 is 0 Å². The molecule has 0 aliphatic carbocycles. The second kappa shape index (κ2) is 4.83. The highest BCUT2D eigenvalue weighted by atomic mass is 32.2. The predicted molar refractivity (Wildman–Crippen MR) is 73.9 cm³/mol. The van der Waals surface area contributed by atoms with E-state index in [9.17, 15) is 0 Å². The molecule has 0 fully saturated rings. The van der Waals surface area contributed by atoms with Gasteiger partial charge in [-0.15, -0.1) is 0 Å². The monoisotopic (exact) mass is 234 g/mol. The van der Waals surface area contributed by atoms with Crippen molar-refractivity contribution in [3.8, 4) is 0 Å². The van der Waals surface area contributed by atoms with Crippen molar-refractivity contribution < 1.29 is 0 Å². The molecule has 16 heavy (non-hydrogen) atoms. The lowest BCUT2D eigenvalue weighted by atomic mass is 10.2. The summed E-state index contributed by atoms with van der Waals surface area (Å²) in [6.45, 7) is 5.35. The van der Waals surface area contributed by atoms with Crippen LogP contribution in [0.15, 0.2) is 24.3 Å². The average Bonchev–Trinajstić information content (AvgIpc) is 2.65. The smallest absolute Gasteiger partial charge is 0.0716 e. The summed E-state index contributed by atoms with van der Waals surface area (Å²) in [5.74, 6) is 2.22. The van der Waals surface area contributed by atoms with Crippen LogP contribution in [-0.2, 0) is 12.3 Å². The number of nitrogens with zero attached hydrogens (tertiary/aromatic N) is 1. The van der Waals surface area contributed by atoms with E-state index in [-0.39, 0.29) is 0 Å². The van der Waals surface area contributed by atoms with E-state index in [1.165, 1.54) is 16.6 Å². The number of benzene rings is 1. The van der Waals surface area contributed by atoms with Crippen LogP contribution in [0.3, 0.4) is 0 Å². The van der Waals surface area contributed by atoms with Crippen molar-refractivity contribution >= 4 is 28.4 Å². The number of rotatable bonds is 4. The van der Waals surface area contributed by atoms with Crippen molar-refractivity contribution in [2.75, 3.05) is 11.5 Å². The molecule has 1 aromatic heterocycles. The maximum Gasteiger partial charge on any atom is 0.0716 e. The Kier molecular flexibility index (Phi) is 3.44. The molecule has 2 N–H and O–H groups in total. The maximum atomic E-state index is 6.05. The van der Waals surface area contributed by atoms with Gasteiger partial charge in [-0.2, -0.15) is 11.8 Å². The summed E-state index contributed by atoms with van der Waals surface area (Å²) in [4.78, 5) is 0. The number of hydrogen-bond acceptors (Lipinski definition) is 2. The first-order valence-electron chi connectivity index (χ1n) is 5.72. The summed E-state index contributed by atoms with van der Waals surface area (Å²) in [7, 11) is 0. The standard InChI is InChI=1S/C13H18N2S/c1-3-15-11(9-16-4-2)8-10-6-5-7-12(14)13(10)15/h5-8H,3-4,9,14H2,1-2H3. The molecule has 0 aliphatic heterocycles. The zero-order valence-corrected chi connectivity index (χ0v) is 10.7. The van der Waals surface area contributed by atoms with Crippen molar-refractivity contribution in [2.45, 2.75) is 26.1 Å². The van der Waals surface area contributed by atoms with E-state index in [0.29, 0.717) is 0 Å². The first-order valence-corrected chi connectivity index (χ1v) is 6.87. The highest BCUT2D eigenvalue weighted by Gasteiger charge is 2.09. The van der Waals surface area contributed by atoms with Gasteiger partial charge in [0.05, 0.1) is 11.2 Å². The highest BCUT2D eigenvalue weighted by Crippen LogP contribution is 2.27. The summed E-state index contributed by atoms with van der Waals surface area (Å²) in [5, 5.41) is 1.26. The van der Waals surface area contributed by atoms with Gasteiger partial charge in [0, 0.05) is 23.4 Å². The van der Waals surface area contributed by atoms with Gasteiger partial charge in [0.1, 0.15) is 0 Å². The number of anilines is 1. The van der Waals surface area contributed by atoms with E-state index in [0.717, 1.165) is 23.7 Å². The van der Waals surface area contributed by atoms with Crippen LogP contribution in [0, 0.1) is 0 Å². The molecule has 0 atom stereocenters. The third kappa shape index (κ3) is 1.92. The first-order chi connectivity index (χ1) is 7.77. The summed E-state index contributed by atoms with van der Waals surface area (Å²) >= 11 is 1.95. The van der Waals surface area contributed by atoms with E-state index in [2.05, 4.69) is 30.5 Å². The lowest BCUT2D eigenvalue weighted by Crippen LogP contribution is -2.01. The molecular formula is C13H18N2S. The van der Waals surface area contributed by atoms with Crippen molar-refractivity contribution in [1.82, 2.24) is 4.57 Å². The Bertz CT molecular complexity index is 488. The van der Waals surface area contributed by atoms with Gasteiger partial charge < -0.3 is 10.3 Å². The number of aryl methyl sites for hydroxylation is 1. The molecule has 0 aliphatic rings. The Morgan fingerprint density at radius 3 is 2.81 bits per heavy atom. The van der Waals surface area contributed by atoms with Crippen LogP contribution in [0.2, 0.25) is 0 Å². The lowest BCUT2D eigenvalue weighted by molar-refractivity contribution is 0.766. The molecule has 2 rings (SSSR count). The maximum absolute atomic E-state index is 6.05. The normalized spacial score (nSPS) is 11.1. The summed E-state index contributed by atoms with van der Waals surface area (Å²) < 4.78 is 2.33. The number of hydrogen-bond donors (Lipinski definition) is 1. The number of fused-ring (bicyclic) bond motifs is 1. The zero-order chi connectivity index (χ0) is 11.5. The second-order valence-corrected chi connectivity index (χ2v) is 5.08. The number of aromatic nitrogens is 1. The van der Waals surface area contributed by atoms with E-state index in [4.69, 9.17) is 5.73 Å². The largest absolute Gasteiger partial charge is 0.397 e. The first kappa shape index (κ1) is 11.4. The number of nitrogen functional groups attached to an aromatic ring is 1. The fraction of sp³-hybridized carbons (Fsp3) is 0.385. The molecule has 0 saturated heterocycles. The van der Waals surface area contributed by atoms with Gasteiger partial charge in [0.25, 0.3) is 0 Å². The molecule has 0 spiro atoms. The van der Waals surface area contributed by atoms with Crippen molar-refractivity contribution in [3.63, 3.8) is 0 Å². The van der Waals surface area contributed by atoms with Gasteiger partial charge in [-0.25, -0.2) is 0 Å². The van der Waals surface area contributed by atoms with Crippen LogP contribution < -0.4 is 5.73 Å². The molecule has 2 nitrogen and oxygen atoms in total. The lowest BCUT2D eigenvalue weighted by Gasteiger charge is -2.08. The molecular weight excluding hydrogens is 216 g/mol. The summed E-state index contributed by atoms with van der Waals surface area (Å²) in [6.07, 6.45) is 0. The van der Waals surface area contributed by atoms with Crippen molar-refractivity contribution in [3.05, 3.63) is 30.0 Å². The molecule has 2 aromatic rings. The second-order valence-electron chi connectivity index (χ2n) is 3.80. The van der Waals surface area contributed by atoms with Gasteiger partial charge in [0.15, 0.2) is 0 Å². The van der Waals surface area contributed by atoms with Gasteiger partial charge in [0.2, 0.25) is 0 Å². The quantitative estimate of drug-likeness (QED) is 0.821. The van der Waals surface area contributed by atoms with Crippen LogP contribution in [0.4, 0.5) is 5.69 Å². The van der Waals surface area contributed by atoms with Crippen LogP contribution in [0.5, 0.6) is 0 Å². The van der Waals surface area contributed by atoms with E-state index in [1.807, 2.05) is 23.9 Å². The third-order valence-corrected chi connectivity index (χ3v) is 3.72. The fourth-order valence-corrected chi connectivity index (χ4v) is 2.75. The van der Waals surface area contributed by atoms with Crippen molar-refractivity contribution in [1.29, 1.82) is 0 Å². The number of nitrogens with two attached hydrogens (primary N) is 1. The molecule has 0 unspecified atom stereocenters. The Balaban J connectivity index is 2.53. The van der Waals surface area contributed by atoms with Crippen LogP contribution in [0.25, 0.3) is 10.9 Å². The SMILES string of the molecule is CCSCc1cc2cccc(N)c2n1CC. The van der Waals surface area contributed by atoms with Gasteiger partial charge in [-0.05, 0) is 24.8 Å². The molecule has 1 heterocycles. The number of para-hydroxylation sites is 1. The number of thioether (sulfide) groups is 1. The van der Waals surface area contributed by atoms with Crippen LogP contribution in [0.1, 0.15) is 19.5 Å². The highest BCUT2D eigenvalue weighted by molar-refractivity contribution is 7.98. The summed E-state index contributed by atoms with van der Waals surface area (Å²) in [6, 6.07) is 8.40. The molecule has 86 valence electrons. The van der Waals surface area contributed by atoms with Crippen LogP contribution >= 0.6 is 11.8 Å². The minimum Gasteiger partial charge on any atom is -0.397 e. The van der Waals surface area contributed by atoms with E-state index >= 15 is 0 Å². The van der Waals surface area contributed by atoms with Gasteiger partial charge in [-0.3, -0.25) is 0 Å². The minimum atomic E-state index is 0.882. The Morgan fingerprint density at radius 1 is 1.31 bits per heavy atom. The topological polar surface area (TPSA) is 30.9 Å². The molecule has 0 amide bonds. The fourth-order valence-electron chi connectivity index (χ4n) is 2.10.